The maximum atomic E-state index is 13.2. The molecule has 0 heterocycles. The summed E-state index contributed by atoms with van der Waals surface area (Å²) in [6.45, 7) is 0. The minimum absolute atomic E-state index is 0.382. The third-order valence-electron chi connectivity index (χ3n) is 3.33. The van der Waals surface area contributed by atoms with E-state index in [0.717, 1.165) is 20.3 Å². The first-order valence-corrected chi connectivity index (χ1v) is 8.05. The Balaban J connectivity index is 0.000000303. The predicted molar refractivity (Wildman–Crippen MR) is 96.5 cm³/mol. The highest BCUT2D eigenvalue weighted by atomic mass is 35.5. The zero-order valence-corrected chi connectivity index (χ0v) is 16.4. The smallest absolute Gasteiger partial charge is 0.345 e. The van der Waals surface area contributed by atoms with E-state index in [9.17, 15) is 37.3 Å². The number of nitro groups is 1. The van der Waals surface area contributed by atoms with Crippen molar-refractivity contribution in [3.05, 3.63) is 66.7 Å². The van der Waals surface area contributed by atoms with Crippen molar-refractivity contribution in [2.24, 2.45) is 0 Å². The minimum atomic E-state index is -1.60. The highest BCUT2D eigenvalue weighted by Crippen LogP contribution is 2.31. The number of rotatable bonds is 3. The van der Waals surface area contributed by atoms with Crippen LogP contribution >= 0.6 is 23.2 Å². The molecule has 0 saturated heterocycles. The van der Waals surface area contributed by atoms with Gasteiger partial charge in [0, 0.05) is 0 Å². The van der Waals surface area contributed by atoms with Crippen molar-refractivity contribution >= 4 is 46.5 Å². The molecule has 0 aliphatic carbocycles. The van der Waals surface area contributed by atoms with Crippen LogP contribution in [0.3, 0.4) is 0 Å². The van der Waals surface area contributed by atoms with Gasteiger partial charge in [0.1, 0.15) is 27.2 Å². The second-order valence-electron chi connectivity index (χ2n) is 5.07. The fraction of sp³-hybridized carbons (Fsp3) is 0.125. The zero-order chi connectivity index (χ0) is 23.3. The number of carbonyl (C=O) groups is 2. The SMILES string of the molecule is COC(=O)c1cc(F)c(Cl)c(F)c1N.COC(=O)c1cc(F)c(Cl)c(F)c1[N+](=O)[O-]. The fourth-order valence-electron chi connectivity index (χ4n) is 1.92. The summed E-state index contributed by atoms with van der Waals surface area (Å²) in [6.07, 6.45) is 0. The number of halogens is 6. The van der Waals surface area contributed by atoms with E-state index in [1.807, 2.05) is 0 Å². The van der Waals surface area contributed by atoms with Crippen LogP contribution in [0, 0.1) is 33.4 Å². The number of nitrogen functional groups attached to an aromatic ring is 1. The van der Waals surface area contributed by atoms with Gasteiger partial charge >= 0.3 is 17.6 Å². The standard InChI is InChI=1S/C8H4ClF2NO4.C8H6ClF2NO2/c1-16-8(13)3-2-4(10)5(9)6(11)7(3)12(14)15;1-14-8(13)3-2-4(10)5(9)6(11)7(3)12/h2H,1H3;2H,12H2,1H3. The topological polar surface area (TPSA) is 122 Å². The summed E-state index contributed by atoms with van der Waals surface area (Å²) < 4.78 is 60.6. The first-order chi connectivity index (χ1) is 13.9. The number of carbonyl (C=O) groups excluding carboxylic acids is 2. The number of benzene rings is 2. The van der Waals surface area contributed by atoms with Gasteiger partial charge in [0.05, 0.1) is 30.4 Å². The van der Waals surface area contributed by atoms with E-state index in [4.69, 9.17) is 28.9 Å². The van der Waals surface area contributed by atoms with Crippen molar-refractivity contribution in [2.45, 2.75) is 0 Å². The third-order valence-corrected chi connectivity index (χ3v) is 4.02. The molecule has 30 heavy (non-hydrogen) atoms. The number of nitro benzene ring substituents is 1. The molecule has 0 aliphatic heterocycles. The molecule has 2 aromatic rings. The van der Waals surface area contributed by atoms with Crippen molar-refractivity contribution < 1.29 is 41.5 Å². The number of nitrogens with two attached hydrogens (primary N) is 1. The number of esters is 2. The molecular weight excluding hydrogens is 463 g/mol. The quantitative estimate of drug-likeness (QED) is 0.176. The molecule has 14 heteroatoms. The first kappa shape index (κ1) is 24.9. The van der Waals surface area contributed by atoms with Crippen molar-refractivity contribution in [1.29, 1.82) is 0 Å². The van der Waals surface area contributed by atoms with Crippen molar-refractivity contribution in [3.8, 4) is 0 Å². The molecule has 0 atom stereocenters. The lowest BCUT2D eigenvalue weighted by atomic mass is 10.1. The van der Waals surface area contributed by atoms with Crippen LogP contribution in [0.1, 0.15) is 20.7 Å². The van der Waals surface area contributed by atoms with Gasteiger partial charge < -0.3 is 15.2 Å². The Morgan fingerprint density at radius 3 is 1.77 bits per heavy atom. The van der Waals surface area contributed by atoms with Gasteiger partial charge in [-0.15, -0.1) is 0 Å². The second-order valence-corrected chi connectivity index (χ2v) is 5.83. The van der Waals surface area contributed by atoms with E-state index in [-0.39, 0.29) is 5.56 Å². The highest BCUT2D eigenvalue weighted by Gasteiger charge is 2.30. The zero-order valence-electron chi connectivity index (χ0n) is 14.9. The Kier molecular flexibility index (Phi) is 8.37. The largest absolute Gasteiger partial charge is 0.465 e. The summed E-state index contributed by atoms with van der Waals surface area (Å²) in [6, 6.07) is 1.18. The molecule has 0 spiro atoms. The van der Waals surface area contributed by atoms with E-state index < -0.39 is 67.1 Å². The van der Waals surface area contributed by atoms with Crippen LogP contribution in [0.5, 0.6) is 0 Å². The van der Waals surface area contributed by atoms with Crippen molar-refractivity contribution in [3.63, 3.8) is 0 Å². The van der Waals surface area contributed by atoms with E-state index in [1.54, 1.807) is 0 Å². The lowest BCUT2D eigenvalue weighted by Gasteiger charge is -2.06. The summed E-state index contributed by atoms with van der Waals surface area (Å²) in [7, 11) is 2.00. The maximum absolute atomic E-state index is 13.2. The van der Waals surface area contributed by atoms with Crippen LogP contribution in [-0.2, 0) is 9.47 Å². The molecule has 0 unspecified atom stereocenters. The molecule has 162 valence electrons. The van der Waals surface area contributed by atoms with Gasteiger partial charge in [-0.05, 0) is 12.1 Å². The Hall–Kier alpha value is -3.12. The molecule has 0 amide bonds. The van der Waals surface area contributed by atoms with Crippen LogP contribution < -0.4 is 5.73 Å². The van der Waals surface area contributed by atoms with Gasteiger partial charge in [-0.1, -0.05) is 23.2 Å². The maximum Gasteiger partial charge on any atom is 0.345 e. The van der Waals surface area contributed by atoms with Gasteiger partial charge in [0.2, 0.25) is 5.82 Å². The molecule has 2 rings (SSSR count). The molecule has 2 aromatic carbocycles. The molecule has 0 radical (unpaired) electrons. The van der Waals surface area contributed by atoms with Gasteiger partial charge in [0.15, 0.2) is 5.82 Å². The monoisotopic (exact) mass is 472 g/mol. The number of hydrogen-bond acceptors (Lipinski definition) is 7. The van der Waals surface area contributed by atoms with Crippen LogP contribution in [0.4, 0.5) is 28.9 Å². The predicted octanol–water partition coefficient (Wildman–Crippen LogP) is 4.30. The number of anilines is 1. The Labute approximate surface area is 175 Å². The molecule has 0 bridgehead atoms. The van der Waals surface area contributed by atoms with E-state index in [0.29, 0.717) is 6.07 Å². The summed E-state index contributed by atoms with van der Waals surface area (Å²) in [5.41, 5.74) is 2.26. The van der Waals surface area contributed by atoms with Gasteiger partial charge in [-0.25, -0.2) is 22.8 Å². The van der Waals surface area contributed by atoms with E-state index in [1.165, 1.54) is 0 Å². The van der Waals surface area contributed by atoms with Crippen LogP contribution in [0.2, 0.25) is 10.0 Å². The van der Waals surface area contributed by atoms with Gasteiger partial charge in [0.25, 0.3) is 0 Å². The molecule has 0 aliphatic rings. The number of ether oxygens (including phenoxy) is 2. The first-order valence-electron chi connectivity index (χ1n) is 7.30. The van der Waals surface area contributed by atoms with E-state index >= 15 is 0 Å². The Morgan fingerprint density at radius 2 is 1.33 bits per heavy atom. The molecule has 0 fully saturated rings. The van der Waals surface area contributed by atoms with Gasteiger partial charge in [-0.2, -0.15) is 4.39 Å². The summed E-state index contributed by atoms with van der Waals surface area (Å²) >= 11 is 10.4. The summed E-state index contributed by atoms with van der Waals surface area (Å²) in [5.74, 6) is -7.24. The van der Waals surface area contributed by atoms with Crippen molar-refractivity contribution in [2.75, 3.05) is 20.0 Å². The number of hydrogen-bond donors (Lipinski definition) is 1. The minimum Gasteiger partial charge on any atom is -0.465 e. The lowest BCUT2D eigenvalue weighted by molar-refractivity contribution is -0.387. The number of nitrogens with zero attached hydrogens (tertiary/aromatic N) is 1. The average molecular weight is 473 g/mol. The second kappa shape index (κ2) is 10.1. The molecule has 2 N–H and O–H groups in total. The normalized spacial score (nSPS) is 10.0. The molecule has 8 nitrogen and oxygen atoms in total. The molecular formula is C16H10Cl2F4N2O6. The molecule has 0 saturated carbocycles. The summed E-state index contributed by atoms with van der Waals surface area (Å²) in [5, 5.41) is 8.72. The fourth-order valence-corrected chi connectivity index (χ4v) is 2.22. The summed E-state index contributed by atoms with van der Waals surface area (Å²) in [4.78, 5) is 31.4. The van der Waals surface area contributed by atoms with Crippen LogP contribution in [0.25, 0.3) is 0 Å². The number of methoxy groups -OCH3 is 2. The Bertz CT molecular complexity index is 1040. The molecule has 0 aromatic heterocycles. The van der Waals surface area contributed by atoms with Crippen molar-refractivity contribution in [1.82, 2.24) is 0 Å². The van der Waals surface area contributed by atoms with Crippen LogP contribution in [-0.4, -0.2) is 31.1 Å². The highest BCUT2D eigenvalue weighted by molar-refractivity contribution is 6.31. The Morgan fingerprint density at radius 1 is 0.933 bits per heavy atom. The van der Waals surface area contributed by atoms with Gasteiger partial charge in [-0.3, -0.25) is 10.1 Å². The van der Waals surface area contributed by atoms with E-state index in [2.05, 4.69) is 9.47 Å². The van der Waals surface area contributed by atoms with Crippen LogP contribution in [0.15, 0.2) is 12.1 Å². The lowest BCUT2D eigenvalue weighted by Crippen LogP contribution is -2.09. The third kappa shape index (κ3) is 5.07. The average Bonchev–Trinajstić information content (AvgIpc) is 2.71.